The molecule has 1 N–H and O–H groups in total. The molecule has 1 fully saturated rings. The molecule has 1 aromatic rings. The lowest BCUT2D eigenvalue weighted by atomic mass is 10.2. The third kappa shape index (κ3) is 4.33. The van der Waals surface area contributed by atoms with Crippen molar-refractivity contribution in [1.29, 1.82) is 0 Å². The summed E-state index contributed by atoms with van der Waals surface area (Å²) in [6.07, 6.45) is 0. The number of hydrogen-bond acceptors (Lipinski definition) is 5. The number of amides is 1. The second kappa shape index (κ2) is 7.76. The maximum absolute atomic E-state index is 11.7. The molecule has 2 rings (SSSR count). The van der Waals surface area contributed by atoms with E-state index in [1.807, 2.05) is 9.80 Å². The van der Waals surface area contributed by atoms with Crippen LogP contribution in [0.2, 0.25) is 5.02 Å². The zero-order valence-electron chi connectivity index (χ0n) is 13.5. The number of thiocarbonyl (C=S) groups is 1. The van der Waals surface area contributed by atoms with E-state index in [0.29, 0.717) is 42.0 Å². The van der Waals surface area contributed by atoms with Crippen LogP contribution in [0, 0.1) is 16.0 Å². The largest absolute Gasteiger partial charge is 0.362 e. The Morgan fingerprint density at radius 3 is 2.50 bits per heavy atom. The SMILES string of the molecule is CC(C)C(=O)NC(=S)N1CCN(c2ccc(Cl)cc2[N+](=O)[O-])CC1. The number of carbonyl (C=O) groups is 1. The monoisotopic (exact) mass is 370 g/mol. The number of carbonyl (C=O) groups excluding carboxylic acids is 1. The van der Waals surface area contributed by atoms with Crippen molar-refractivity contribution in [2.75, 3.05) is 31.1 Å². The minimum Gasteiger partial charge on any atom is -0.362 e. The number of nitrogens with one attached hydrogen (secondary N) is 1. The van der Waals surface area contributed by atoms with Gasteiger partial charge in [-0.2, -0.15) is 0 Å². The highest BCUT2D eigenvalue weighted by molar-refractivity contribution is 7.80. The van der Waals surface area contributed by atoms with Gasteiger partial charge in [-0.3, -0.25) is 14.9 Å². The van der Waals surface area contributed by atoms with Crippen molar-refractivity contribution in [2.24, 2.45) is 5.92 Å². The average molecular weight is 371 g/mol. The Labute approximate surface area is 150 Å². The van der Waals surface area contributed by atoms with Crippen LogP contribution in [0.4, 0.5) is 11.4 Å². The molecule has 0 aromatic heterocycles. The van der Waals surface area contributed by atoms with Gasteiger partial charge < -0.3 is 15.1 Å². The van der Waals surface area contributed by atoms with Crippen molar-refractivity contribution in [3.05, 3.63) is 33.3 Å². The highest BCUT2D eigenvalue weighted by atomic mass is 35.5. The van der Waals surface area contributed by atoms with E-state index < -0.39 is 4.92 Å². The molecule has 1 aromatic carbocycles. The first-order valence-electron chi connectivity index (χ1n) is 7.58. The summed E-state index contributed by atoms with van der Waals surface area (Å²) in [5, 5.41) is 14.7. The molecule has 1 heterocycles. The highest BCUT2D eigenvalue weighted by Gasteiger charge is 2.25. The van der Waals surface area contributed by atoms with Crippen LogP contribution in [-0.2, 0) is 4.79 Å². The lowest BCUT2D eigenvalue weighted by molar-refractivity contribution is -0.384. The standard InChI is InChI=1S/C15H19ClN4O3S/c1-10(2)14(21)17-15(24)19-7-5-18(6-8-19)12-4-3-11(16)9-13(12)20(22)23/h3-4,9-10H,5-8H2,1-2H3,(H,17,21,24). The Balaban J connectivity index is 2.02. The lowest BCUT2D eigenvalue weighted by Gasteiger charge is -2.37. The van der Waals surface area contributed by atoms with Crippen molar-refractivity contribution in [2.45, 2.75) is 13.8 Å². The molecule has 7 nitrogen and oxygen atoms in total. The van der Waals surface area contributed by atoms with Gasteiger partial charge in [0.2, 0.25) is 5.91 Å². The summed E-state index contributed by atoms with van der Waals surface area (Å²) in [4.78, 5) is 26.3. The summed E-state index contributed by atoms with van der Waals surface area (Å²) < 4.78 is 0. The van der Waals surface area contributed by atoms with E-state index >= 15 is 0 Å². The predicted molar refractivity (Wildman–Crippen MR) is 97.5 cm³/mol. The van der Waals surface area contributed by atoms with Crippen LogP contribution in [0.25, 0.3) is 0 Å². The summed E-state index contributed by atoms with van der Waals surface area (Å²) in [5.74, 6) is -0.253. The van der Waals surface area contributed by atoms with Crippen LogP contribution in [0.5, 0.6) is 0 Å². The summed E-state index contributed by atoms with van der Waals surface area (Å²) in [6.45, 7) is 5.90. The Morgan fingerprint density at radius 2 is 1.96 bits per heavy atom. The summed E-state index contributed by atoms with van der Waals surface area (Å²) >= 11 is 11.1. The van der Waals surface area contributed by atoms with E-state index in [-0.39, 0.29) is 17.5 Å². The van der Waals surface area contributed by atoms with E-state index in [9.17, 15) is 14.9 Å². The van der Waals surface area contributed by atoms with Crippen LogP contribution in [-0.4, -0.2) is 47.0 Å². The number of nitro benzene ring substituents is 1. The van der Waals surface area contributed by atoms with Gasteiger partial charge in [-0.15, -0.1) is 0 Å². The van der Waals surface area contributed by atoms with Crippen molar-refractivity contribution < 1.29 is 9.72 Å². The van der Waals surface area contributed by atoms with E-state index in [4.69, 9.17) is 23.8 Å². The zero-order chi connectivity index (χ0) is 17.9. The molecule has 1 amide bonds. The predicted octanol–water partition coefficient (Wildman–Crippen LogP) is 2.43. The molecule has 1 saturated heterocycles. The molecule has 0 unspecified atom stereocenters. The van der Waals surface area contributed by atoms with Crippen LogP contribution in [0.3, 0.4) is 0 Å². The fourth-order valence-electron chi connectivity index (χ4n) is 2.39. The molecular weight excluding hydrogens is 352 g/mol. The second-order valence-electron chi connectivity index (χ2n) is 5.81. The van der Waals surface area contributed by atoms with Crippen LogP contribution >= 0.6 is 23.8 Å². The van der Waals surface area contributed by atoms with Crippen LogP contribution < -0.4 is 10.2 Å². The van der Waals surface area contributed by atoms with E-state index in [0.717, 1.165) is 0 Å². The van der Waals surface area contributed by atoms with Gasteiger partial charge in [0.15, 0.2) is 5.11 Å². The first-order valence-corrected chi connectivity index (χ1v) is 8.37. The molecule has 0 aliphatic carbocycles. The van der Waals surface area contributed by atoms with Gasteiger partial charge in [-0.05, 0) is 24.4 Å². The Hall–Kier alpha value is -1.93. The minimum absolute atomic E-state index is 0.00774. The first kappa shape index (κ1) is 18.4. The van der Waals surface area contributed by atoms with Gasteiger partial charge in [0, 0.05) is 43.2 Å². The van der Waals surface area contributed by atoms with Crippen molar-refractivity contribution >= 4 is 46.2 Å². The maximum atomic E-state index is 11.7. The topological polar surface area (TPSA) is 78.7 Å². The molecule has 130 valence electrons. The van der Waals surface area contributed by atoms with Crippen molar-refractivity contribution in [3.8, 4) is 0 Å². The Morgan fingerprint density at radius 1 is 1.33 bits per heavy atom. The molecule has 0 radical (unpaired) electrons. The molecular formula is C15H19ClN4O3S. The Bertz CT molecular complexity index is 660. The fourth-order valence-corrected chi connectivity index (χ4v) is 2.84. The molecule has 1 aliphatic heterocycles. The number of anilines is 1. The number of halogens is 1. The normalized spacial score (nSPS) is 14.7. The average Bonchev–Trinajstić information content (AvgIpc) is 2.54. The second-order valence-corrected chi connectivity index (χ2v) is 6.64. The summed E-state index contributed by atoms with van der Waals surface area (Å²) in [6, 6.07) is 4.66. The minimum atomic E-state index is -0.429. The van der Waals surface area contributed by atoms with E-state index in [1.165, 1.54) is 6.07 Å². The molecule has 1 aliphatic rings. The molecule has 0 spiro atoms. The number of benzene rings is 1. The molecule has 24 heavy (non-hydrogen) atoms. The number of nitrogens with zero attached hydrogens (tertiary/aromatic N) is 3. The quantitative estimate of drug-likeness (QED) is 0.500. The molecule has 0 saturated carbocycles. The van der Waals surface area contributed by atoms with Gasteiger partial charge in [0.05, 0.1) is 4.92 Å². The van der Waals surface area contributed by atoms with Gasteiger partial charge in [0.25, 0.3) is 5.69 Å². The lowest BCUT2D eigenvalue weighted by Crippen LogP contribution is -2.53. The maximum Gasteiger partial charge on any atom is 0.294 e. The molecule has 9 heteroatoms. The smallest absolute Gasteiger partial charge is 0.294 e. The van der Waals surface area contributed by atoms with Crippen molar-refractivity contribution in [3.63, 3.8) is 0 Å². The molecule has 0 bridgehead atoms. The van der Waals surface area contributed by atoms with Crippen LogP contribution in [0.1, 0.15) is 13.8 Å². The fraction of sp³-hybridized carbons (Fsp3) is 0.467. The van der Waals surface area contributed by atoms with Gasteiger partial charge in [-0.1, -0.05) is 25.4 Å². The molecule has 0 atom stereocenters. The van der Waals surface area contributed by atoms with E-state index in [2.05, 4.69) is 5.32 Å². The van der Waals surface area contributed by atoms with Crippen LogP contribution in [0.15, 0.2) is 18.2 Å². The Kier molecular flexibility index (Phi) is 5.95. The van der Waals surface area contributed by atoms with Gasteiger partial charge in [0.1, 0.15) is 5.69 Å². The van der Waals surface area contributed by atoms with E-state index in [1.54, 1.807) is 26.0 Å². The first-order chi connectivity index (χ1) is 11.3. The third-order valence-corrected chi connectivity index (χ3v) is 4.39. The summed E-state index contributed by atoms with van der Waals surface area (Å²) in [5.41, 5.74) is 0.535. The number of piperazine rings is 1. The zero-order valence-corrected chi connectivity index (χ0v) is 15.1. The number of rotatable bonds is 3. The number of hydrogen-bond donors (Lipinski definition) is 1. The van der Waals surface area contributed by atoms with Crippen molar-refractivity contribution in [1.82, 2.24) is 10.2 Å². The number of nitro groups is 1. The van der Waals surface area contributed by atoms with Gasteiger partial charge in [-0.25, -0.2) is 0 Å². The van der Waals surface area contributed by atoms with Gasteiger partial charge >= 0.3 is 0 Å². The third-order valence-electron chi connectivity index (χ3n) is 3.80. The highest BCUT2D eigenvalue weighted by Crippen LogP contribution is 2.31. The summed E-state index contributed by atoms with van der Waals surface area (Å²) in [7, 11) is 0.